The second-order valence-corrected chi connectivity index (χ2v) is 6.09. The lowest BCUT2D eigenvalue weighted by Gasteiger charge is -2.16. The van der Waals surface area contributed by atoms with Crippen LogP contribution in [0.25, 0.3) is 0 Å². The number of ketones is 1. The Balaban J connectivity index is 2.19. The van der Waals surface area contributed by atoms with Gasteiger partial charge in [0.15, 0.2) is 5.78 Å². The third-order valence-corrected chi connectivity index (χ3v) is 4.63. The third kappa shape index (κ3) is 1.97. The van der Waals surface area contributed by atoms with Crippen molar-refractivity contribution in [3.8, 4) is 0 Å². The summed E-state index contributed by atoms with van der Waals surface area (Å²) in [5.74, 6) is 0.443. The first kappa shape index (κ1) is 13.4. The zero-order chi connectivity index (χ0) is 14.4. The predicted molar refractivity (Wildman–Crippen MR) is 82.9 cm³/mol. The molecule has 1 unspecified atom stereocenters. The highest BCUT2D eigenvalue weighted by molar-refractivity contribution is 6.30. The first-order chi connectivity index (χ1) is 9.49. The van der Waals surface area contributed by atoms with Crippen molar-refractivity contribution < 1.29 is 4.79 Å². The number of carbonyl (C=O) groups is 1. The molecule has 0 heterocycles. The molecule has 0 aliphatic heterocycles. The fraction of sp³-hybridized carbons (Fsp3) is 0.278. The minimum Gasteiger partial charge on any atom is -0.294 e. The second kappa shape index (κ2) is 4.75. The van der Waals surface area contributed by atoms with Gasteiger partial charge < -0.3 is 0 Å². The van der Waals surface area contributed by atoms with Crippen LogP contribution in [0, 0.1) is 20.8 Å². The van der Waals surface area contributed by atoms with Gasteiger partial charge in [-0.1, -0.05) is 29.8 Å². The molecule has 0 spiro atoms. The molecule has 0 saturated heterocycles. The number of carbonyl (C=O) groups excluding carboxylic acids is 1. The number of rotatable bonds is 1. The van der Waals surface area contributed by atoms with E-state index >= 15 is 0 Å². The highest BCUT2D eigenvalue weighted by Crippen LogP contribution is 2.42. The van der Waals surface area contributed by atoms with Crippen LogP contribution in [0.2, 0.25) is 5.02 Å². The minimum absolute atomic E-state index is 0.175. The van der Waals surface area contributed by atoms with Gasteiger partial charge in [0.1, 0.15) is 0 Å². The van der Waals surface area contributed by atoms with E-state index in [2.05, 4.69) is 26.8 Å². The normalized spacial score (nSPS) is 17.4. The van der Waals surface area contributed by atoms with Crippen LogP contribution in [0.15, 0.2) is 30.3 Å². The topological polar surface area (TPSA) is 17.1 Å². The Hall–Kier alpha value is -1.60. The molecule has 2 heteroatoms. The van der Waals surface area contributed by atoms with Crippen LogP contribution >= 0.6 is 11.6 Å². The zero-order valence-electron chi connectivity index (χ0n) is 12.0. The zero-order valence-corrected chi connectivity index (χ0v) is 12.7. The van der Waals surface area contributed by atoms with E-state index in [4.69, 9.17) is 11.6 Å². The number of aryl methyl sites for hydroxylation is 2. The van der Waals surface area contributed by atoms with Gasteiger partial charge in [0.2, 0.25) is 0 Å². The number of halogens is 1. The largest absolute Gasteiger partial charge is 0.294 e. The van der Waals surface area contributed by atoms with E-state index in [1.54, 1.807) is 0 Å². The highest BCUT2D eigenvalue weighted by Gasteiger charge is 2.33. The standard InChI is InChI=1S/C18H17ClO/c1-10-8-11(2)17-15(9-16(20)18(17)12(10)3)13-4-6-14(19)7-5-13/h4-8,15H,9H2,1-3H3. The van der Waals surface area contributed by atoms with E-state index in [1.165, 1.54) is 22.3 Å². The van der Waals surface area contributed by atoms with Crippen molar-refractivity contribution in [2.24, 2.45) is 0 Å². The fourth-order valence-electron chi connectivity index (χ4n) is 3.28. The summed E-state index contributed by atoms with van der Waals surface area (Å²) in [6.07, 6.45) is 0.572. The molecule has 0 fully saturated rings. The third-order valence-electron chi connectivity index (χ3n) is 4.38. The van der Waals surface area contributed by atoms with Gasteiger partial charge in [-0.05, 0) is 60.7 Å². The number of hydrogen-bond acceptors (Lipinski definition) is 1. The van der Waals surface area contributed by atoms with Crippen molar-refractivity contribution >= 4 is 17.4 Å². The molecule has 0 bridgehead atoms. The Labute approximate surface area is 124 Å². The molecule has 2 aromatic carbocycles. The summed E-state index contributed by atoms with van der Waals surface area (Å²) in [5.41, 5.74) is 6.88. The molecule has 102 valence electrons. The molecule has 1 aliphatic carbocycles. The maximum Gasteiger partial charge on any atom is 0.164 e. The number of fused-ring (bicyclic) bond motifs is 1. The van der Waals surface area contributed by atoms with Crippen LogP contribution in [0.1, 0.15) is 50.5 Å². The predicted octanol–water partition coefficient (Wildman–Crippen LogP) is 4.98. The van der Waals surface area contributed by atoms with E-state index in [0.29, 0.717) is 6.42 Å². The molecule has 3 rings (SSSR count). The van der Waals surface area contributed by atoms with E-state index in [9.17, 15) is 4.79 Å². The van der Waals surface area contributed by atoms with Crippen LogP contribution in [0.5, 0.6) is 0 Å². The van der Waals surface area contributed by atoms with Crippen molar-refractivity contribution in [2.75, 3.05) is 0 Å². The molecule has 1 nitrogen and oxygen atoms in total. The van der Waals surface area contributed by atoms with Crippen molar-refractivity contribution in [2.45, 2.75) is 33.1 Å². The van der Waals surface area contributed by atoms with Crippen LogP contribution < -0.4 is 0 Å². The SMILES string of the molecule is Cc1cc(C)c2c(c1C)C(=O)CC2c1ccc(Cl)cc1. The van der Waals surface area contributed by atoms with Gasteiger partial charge in [0.25, 0.3) is 0 Å². The Morgan fingerprint density at radius 2 is 1.70 bits per heavy atom. The summed E-state index contributed by atoms with van der Waals surface area (Å²) in [7, 11) is 0. The Morgan fingerprint density at radius 1 is 1.05 bits per heavy atom. The average molecular weight is 285 g/mol. The smallest absolute Gasteiger partial charge is 0.164 e. The average Bonchev–Trinajstić information content (AvgIpc) is 2.75. The van der Waals surface area contributed by atoms with Crippen LogP contribution in [0.3, 0.4) is 0 Å². The summed E-state index contributed by atoms with van der Waals surface area (Å²) in [6.45, 7) is 6.23. The number of Topliss-reactive ketones (excluding diaryl/α,β-unsaturated/α-hetero) is 1. The van der Waals surface area contributed by atoms with Gasteiger partial charge in [-0.25, -0.2) is 0 Å². The van der Waals surface area contributed by atoms with Gasteiger partial charge in [0.05, 0.1) is 0 Å². The van der Waals surface area contributed by atoms with E-state index in [0.717, 1.165) is 16.1 Å². The lowest BCUT2D eigenvalue weighted by atomic mass is 9.88. The quantitative estimate of drug-likeness (QED) is 0.721. The molecule has 2 aromatic rings. The second-order valence-electron chi connectivity index (χ2n) is 5.66. The minimum atomic E-state index is 0.175. The lowest BCUT2D eigenvalue weighted by molar-refractivity contribution is 0.0991. The molecular weight excluding hydrogens is 268 g/mol. The van der Waals surface area contributed by atoms with Gasteiger partial charge in [-0.15, -0.1) is 0 Å². The molecule has 0 aromatic heterocycles. The molecule has 1 aliphatic rings. The van der Waals surface area contributed by atoms with Gasteiger partial charge in [0, 0.05) is 22.9 Å². The monoisotopic (exact) mass is 284 g/mol. The number of benzene rings is 2. The summed E-state index contributed by atoms with van der Waals surface area (Å²) >= 11 is 5.96. The first-order valence-corrected chi connectivity index (χ1v) is 7.26. The van der Waals surface area contributed by atoms with Crippen LogP contribution in [0.4, 0.5) is 0 Å². The van der Waals surface area contributed by atoms with E-state index in [1.807, 2.05) is 24.3 Å². The number of hydrogen-bond donors (Lipinski definition) is 0. The van der Waals surface area contributed by atoms with Crippen molar-refractivity contribution in [1.82, 2.24) is 0 Å². The van der Waals surface area contributed by atoms with Crippen molar-refractivity contribution in [3.63, 3.8) is 0 Å². The maximum atomic E-state index is 12.4. The molecule has 0 radical (unpaired) electrons. The first-order valence-electron chi connectivity index (χ1n) is 6.88. The Bertz CT molecular complexity index is 698. The van der Waals surface area contributed by atoms with Crippen molar-refractivity contribution in [1.29, 1.82) is 0 Å². The van der Waals surface area contributed by atoms with Gasteiger partial charge in [-0.3, -0.25) is 4.79 Å². The van der Waals surface area contributed by atoms with Crippen molar-refractivity contribution in [3.05, 3.63) is 68.7 Å². The van der Waals surface area contributed by atoms with Crippen LogP contribution in [-0.4, -0.2) is 5.78 Å². The maximum absolute atomic E-state index is 12.4. The molecule has 20 heavy (non-hydrogen) atoms. The lowest BCUT2D eigenvalue weighted by Crippen LogP contribution is -2.01. The molecule has 0 saturated carbocycles. The highest BCUT2D eigenvalue weighted by atomic mass is 35.5. The summed E-state index contributed by atoms with van der Waals surface area (Å²) in [6, 6.07) is 10.1. The molecule has 0 N–H and O–H groups in total. The Morgan fingerprint density at radius 3 is 2.35 bits per heavy atom. The molecular formula is C18H17ClO. The summed E-state index contributed by atoms with van der Waals surface area (Å²) in [4.78, 5) is 12.4. The van der Waals surface area contributed by atoms with E-state index < -0.39 is 0 Å². The van der Waals surface area contributed by atoms with Gasteiger partial charge >= 0.3 is 0 Å². The van der Waals surface area contributed by atoms with Crippen LogP contribution in [-0.2, 0) is 0 Å². The summed E-state index contributed by atoms with van der Waals surface area (Å²) < 4.78 is 0. The Kier molecular flexibility index (Phi) is 3.18. The molecule has 0 amide bonds. The molecule has 1 atom stereocenters. The summed E-state index contributed by atoms with van der Waals surface area (Å²) in [5, 5.41) is 0.732. The fourth-order valence-corrected chi connectivity index (χ4v) is 3.41. The van der Waals surface area contributed by atoms with Gasteiger partial charge in [-0.2, -0.15) is 0 Å². The van der Waals surface area contributed by atoms with E-state index in [-0.39, 0.29) is 11.7 Å².